The lowest BCUT2D eigenvalue weighted by Gasteiger charge is -2.18. The lowest BCUT2D eigenvalue weighted by Crippen LogP contribution is -2.11. The van der Waals surface area contributed by atoms with Crippen molar-refractivity contribution in [3.05, 3.63) is 41.0 Å². The fourth-order valence-electron chi connectivity index (χ4n) is 2.78. The molecule has 0 spiro atoms. The van der Waals surface area contributed by atoms with E-state index in [1.54, 1.807) is 6.92 Å². The Bertz CT molecular complexity index is 681. The minimum absolute atomic E-state index is 0.195. The van der Waals surface area contributed by atoms with Gasteiger partial charge in [0.05, 0.1) is 0 Å². The van der Waals surface area contributed by atoms with Gasteiger partial charge in [0.25, 0.3) is 0 Å². The topological polar surface area (TPSA) is 43.4 Å². The van der Waals surface area contributed by atoms with Crippen LogP contribution in [0.1, 0.15) is 75.1 Å². The Morgan fingerprint density at radius 2 is 1.76 bits per heavy atom. The monoisotopic (exact) mass is 342 g/mol. The molecule has 0 heterocycles. The zero-order valence-electron chi connectivity index (χ0n) is 16.2. The summed E-state index contributed by atoms with van der Waals surface area (Å²) in [6.45, 7) is 13.5. The van der Waals surface area contributed by atoms with Gasteiger partial charge in [-0.15, -0.1) is 0 Å². The van der Waals surface area contributed by atoms with Crippen LogP contribution in [0.2, 0.25) is 0 Å². The fourth-order valence-corrected chi connectivity index (χ4v) is 2.78. The first-order valence-corrected chi connectivity index (χ1v) is 8.90. The van der Waals surface area contributed by atoms with Gasteiger partial charge in [-0.2, -0.15) is 0 Å². The van der Waals surface area contributed by atoms with E-state index in [-0.39, 0.29) is 11.8 Å². The summed E-state index contributed by atoms with van der Waals surface area (Å²) in [5.41, 5.74) is 4.84. The van der Waals surface area contributed by atoms with E-state index in [1.807, 2.05) is 39.8 Å². The summed E-state index contributed by atoms with van der Waals surface area (Å²) in [6.07, 6.45) is 7.35. The molecule has 136 valence electrons. The van der Waals surface area contributed by atoms with Gasteiger partial charge in [-0.3, -0.25) is 4.79 Å². The van der Waals surface area contributed by atoms with Gasteiger partial charge >= 0.3 is 5.97 Å². The second-order valence-electron chi connectivity index (χ2n) is 6.63. The van der Waals surface area contributed by atoms with Crippen molar-refractivity contribution in [2.24, 2.45) is 0 Å². The van der Waals surface area contributed by atoms with E-state index >= 15 is 0 Å². The van der Waals surface area contributed by atoms with Gasteiger partial charge in [0.2, 0.25) is 0 Å². The summed E-state index contributed by atoms with van der Waals surface area (Å²) in [7, 11) is 0. The number of carbonyl (C=O) groups is 2. The number of aryl methyl sites for hydroxylation is 1. The summed E-state index contributed by atoms with van der Waals surface area (Å²) in [5, 5.41) is 0. The molecule has 0 aliphatic carbocycles. The molecule has 0 radical (unpaired) electrons. The van der Waals surface area contributed by atoms with Crippen molar-refractivity contribution in [2.75, 3.05) is 0 Å². The van der Waals surface area contributed by atoms with Crippen LogP contribution in [-0.2, 0) is 9.59 Å². The van der Waals surface area contributed by atoms with Crippen LogP contribution in [-0.4, -0.2) is 11.8 Å². The van der Waals surface area contributed by atoms with Crippen molar-refractivity contribution < 1.29 is 14.3 Å². The molecule has 1 rings (SSSR count). The number of rotatable bonds is 9. The average molecular weight is 342 g/mol. The molecule has 0 aliphatic heterocycles. The smallest absolute Gasteiger partial charge is 0.311 e. The van der Waals surface area contributed by atoms with E-state index in [2.05, 4.69) is 12.6 Å². The van der Waals surface area contributed by atoms with Crippen molar-refractivity contribution in [3.63, 3.8) is 0 Å². The molecule has 1 aromatic rings. The average Bonchev–Trinajstić information content (AvgIpc) is 2.51. The number of carbonyl (C=O) groups excluding carboxylic acids is 2. The molecule has 0 saturated carbocycles. The van der Waals surface area contributed by atoms with Crippen LogP contribution < -0.4 is 4.74 Å². The Labute approximate surface area is 151 Å². The SMILES string of the molecule is C=C(C)c1c(/C=C/C)cc(C)c(C)c1OC(=O)CCCCCC(C)=O. The Kier molecular flexibility index (Phi) is 8.33. The molecule has 1 aromatic carbocycles. The summed E-state index contributed by atoms with van der Waals surface area (Å²) in [6, 6.07) is 2.10. The predicted molar refractivity (Wildman–Crippen MR) is 105 cm³/mol. The van der Waals surface area contributed by atoms with Crippen LogP contribution in [0.3, 0.4) is 0 Å². The molecule has 0 aliphatic rings. The first kappa shape index (κ1) is 20.9. The first-order valence-electron chi connectivity index (χ1n) is 8.90. The van der Waals surface area contributed by atoms with Gasteiger partial charge in [0.1, 0.15) is 11.5 Å². The van der Waals surface area contributed by atoms with Gasteiger partial charge in [-0.1, -0.05) is 31.2 Å². The van der Waals surface area contributed by atoms with Crippen LogP contribution in [0.5, 0.6) is 5.75 Å². The number of ketones is 1. The Morgan fingerprint density at radius 1 is 1.12 bits per heavy atom. The van der Waals surface area contributed by atoms with Gasteiger partial charge in [-0.05, 0) is 69.7 Å². The Balaban J connectivity index is 2.91. The number of benzene rings is 1. The Morgan fingerprint density at radius 3 is 2.32 bits per heavy atom. The van der Waals surface area contributed by atoms with Crippen molar-refractivity contribution in [1.82, 2.24) is 0 Å². The fraction of sp³-hybridized carbons (Fsp3) is 0.455. The van der Waals surface area contributed by atoms with Crippen LogP contribution in [0.4, 0.5) is 0 Å². The van der Waals surface area contributed by atoms with E-state index in [9.17, 15) is 9.59 Å². The summed E-state index contributed by atoms with van der Waals surface area (Å²) < 4.78 is 5.73. The third-order valence-corrected chi connectivity index (χ3v) is 4.22. The number of hydrogen-bond donors (Lipinski definition) is 0. The van der Waals surface area contributed by atoms with E-state index in [0.717, 1.165) is 47.1 Å². The molecular weight excluding hydrogens is 312 g/mol. The van der Waals surface area contributed by atoms with E-state index in [4.69, 9.17) is 4.74 Å². The maximum absolute atomic E-state index is 12.3. The predicted octanol–water partition coefficient (Wildman–Crippen LogP) is 5.81. The highest BCUT2D eigenvalue weighted by atomic mass is 16.5. The third kappa shape index (κ3) is 6.33. The molecule has 0 saturated heterocycles. The van der Waals surface area contributed by atoms with E-state index in [0.29, 0.717) is 18.6 Å². The van der Waals surface area contributed by atoms with Crippen molar-refractivity contribution >= 4 is 23.4 Å². The highest BCUT2D eigenvalue weighted by Gasteiger charge is 2.17. The quantitative estimate of drug-likeness (QED) is 0.323. The molecule has 3 nitrogen and oxygen atoms in total. The largest absolute Gasteiger partial charge is 0.426 e. The first-order chi connectivity index (χ1) is 11.8. The summed E-state index contributed by atoms with van der Waals surface area (Å²) in [5.74, 6) is 0.584. The molecule has 0 bridgehead atoms. The zero-order chi connectivity index (χ0) is 19.0. The molecule has 0 amide bonds. The van der Waals surface area contributed by atoms with E-state index < -0.39 is 0 Å². The number of esters is 1. The molecule has 0 unspecified atom stereocenters. The lowest BCUT2D eigenvalue weighted by atomic mass is 9.94. The highest BCUT2D eigenvalue weighted by Crippen LogP contribution is 2.35. The van der Waals surface area contributed by atoms with Crippen molar-refractivity contribution in [1.29, 1.82) is 0 Å². The minimum Gasteiger partial charge on any atom is -0.426 e. The van der Waals surface area contributed by atoms with Crippen molar-refractivity contribution in [3.8, 4) is 5.75 Å². The maximum atomic E-state index is 12.3. The van der Waals surface area contributed by atoms with Crippen LogP contribution in [0.15, 0.2) is 18.7 Å². The molecule has 0 fully saturated rings. The van der Waals surface area contributed by atoms with Gasteiger partial charge < -0.3 is 9.53 Å². The molecule has 0 aromatic heterocycles. The van der Waals surface area contributed by atoms with Gasteiger partial charge in [0.15, 0.2) is 0 Å². The number of ether oxygens (including phenoxy) is 1. The molecule has 0 N–H and O–H groups in total. The minimum atomic E-state index is -0.231. The summed E-state index contributed by atoms with van der Waals surface area (Å²) >= 11 is 0. The lowest BCUT2D eigenvalue weighted by molar-refractivity contribution is -0.134. The number of allylic oxidation sites excluding steroid dienone is 2. The van der Waals surface area contributed by atoms with Gasteiger partial charge in [0, 0.05) is 18.4 Å². The zero-order valence-corrected chi connectivity index (χ0v) is 16.2. The highest BCUT2D eigenvalue weighted by molar-refractivity contribution is 5.82. The summed E-state index contributed by atoms with van der Waals surface area (Å²) in [4.78, 5) is 23.2. The van der Waals surface area contributed by atoms with Crippen LogP contribution in [0.25, 0.3) is 11.6 Å². The third-order valence-electron chi connectivity index (χ3n) is 4.22. The standard InChI is InChI=1S/C22H30O3/c1-7-11-19-14-16(4)18(6)22(21(19)15(2)3)25-20(24)13-10-8-9-12-17(5)23/h7,11,14H,2,8-10,12-13H2,1,3-6H3/b11-7+. The second kappa shape index (κ2) is 9.97. The molecule has 0 atom stereocenters. The number of unbranched alkanes of at least 4 members (excludes halogenated alkanes) is 2. The van der Waals surface area contributed by atoms with Gasteiger partial charge in [-0.25, -0.2) is 0 Å². The van der Waals surface area contributed by atoms with Crippen LogP contribution >= 0.6 is 0 Å². The number of Topliss-reactive ketones (excluding diaryl/α,β-unsaturated/α-hetero) is 1. The maximum Gasteiger partial charge on any atom is 0.311 e. The number of hydrogen-bond acceptors (Lipinski definition) is 3. The van der Waals surface area contributed by atoms with E-state index in [1.165, 1.54) is 0 Å². The van der Waals surface area contributed by atoms with Crippen LogP contribution in [0, 0.1) is 13.8 Å². The Hall–Kier alpha value is -2.16. The van der Waals surface area contributed by atoms with Crippen molar-refractivity contribution in [2.45, 2.75) is 66.7 Å². The molecule has 3 heteroatoms. The second-order valence-corrected chi connectivity index (χ2v) is 6.63. The molecule has 25 heavy (non-hydrogen) atoms. The normalized spacial score (nSPS) is 10.9. The molecular formula is C22H30O3.